The van der Waals surface area contributed by atoms with Crippen molar-refractivity contribution in [3.8, 4) is 0 Å². The van der Waals surface area contributed by atoms with Gasteiger partial charge < -0.3 is 16.2 Å². The summed E-state index contributed by atoms with van der Waals surface area (Å²) in [6.45, 7) is 4.19. The van der Waals surface area contributed by atoms with Gasteiger partial charge in [0.05, 0.1) is 6.04 Å². The van der Waals surface area contributed by atoms with Gasteiger partial charge in [-0.05, 0) is 52.4 Å². The smallest absolute Gasteiger partial charge is 0.326 e. The van der Waals surface area contributed by atoms with E-state index in [4.69, 9.17) is 16.1 Å². The van der Waals surface area contributed by atoms with E-state index in [1.54, 1.807) is 13.8 Å². The Balaban J connectivity index is 4.17. The maximum Gasteiger partial charge on any atom is 0.326 e. The molecule has 0 aliphatic rings. The van der Waals surface area contributed by atoms with Gasteiger partial charge in [-0.3, -0.25) is 36.2 Å². The van der Waals surface area contributed by atoms with Crippen molar-refractivity contribution in [2.75, 3.05) is 13.1 Å². The Hall–Kier alpha value is -2.24. The van der Waals surface area contributed by atoms with Crippen LogP contribution in [0, 0.1) is 0 Å². The molecule has 1 amide bonds. The van der Waals surface area contributed by atoms with Crippen LogP contribution in [-0.4, -0.2) is 64.2 Å². The molecule has 2 atom stereocenters. The number of nitrogens with zero attached hydrogens (tertiary/aromatic N) is 2. The first-order chi connectivity index (χ1) is 12.8. The molecule has 0 aromatic heterocycles. The van der Waals surface area contributed by atoms with E-state index in [9.17, 15) is 14.7 Å². The number of aliphatic carboxylic acids is 1. The van der Waals surface area contributed by atoms with Gasteiger partial charge in [-0.1, -0.05) is 0 Å². The first-order valence-corrected chi connectivity index (χ1v) is 8.92. The summed E-state index contributed by atoms with van der Waals surface area (Å²) in [5.74, 6) is -0.793. The first-order valence-electron chi connectivity index (χ1n) is 8.92. The minimum Gasteiger partial charge on any atom is -0.480 e. The number of rotatable bonds is 13. The lowest BCUT2D eigenvalue weighted by atomic mass is 10.1. The van der Waals surface area contributed by atoms with Crippen molar-refractivity contribution in [3.63, 3.8) is 0 Å². The van der Waals surface area contributed by atoms with Crippen LogP contribution in [-0.2, 0) is 9.59 Å². The standard InChI is InChI=1S/C16H32N6O5/c1-11(21-26)18-9-5-3-7-13(17)15(23)20-14(16(24)25)8-4-6-10-19-12(2)22-27/h13-14,26-27H,3-10,17H2,1-2H3,(H,18,21)(H,19,22)(H,20,23)(H,24,25). The van der Waals surface area contributed by atoms with E-state index in [0.29, 0.717) is 56.9 Å². The molecule has 0 bridgehead atoms. The third-order valence-electron chi connectivity index (χ3n) is 3.80. The molecule has 0 radical (unpaired) electrons. The topological polar surface area (TPSA) is 182 Å². The molecule has 2 unspecified atom stereocenters. The van der Waals surface area contributed by atoms with Gasteiger partial charge in [-0.2, -0.15) is 0 Å². The van der Waals surface area contributed by atoms with E-state index in [0.717, 1.165) is 0 Å². The quantitative estimate of drug-likeness (QED) is 0.0997. The lowest BCUT2D eigenvalue weighted by Crippen LogP contribution is -2.48. The summed E-state index contributed by atoms with van der Waals surface area (Å²) in [7, 11) is 0. The Morgan fingerprint density at radius 2 is 1.41 bits per heavy atom. The number of hydrogen-bond acceptors (Lipinski definition) is 7. The summed E-state index contributed by atoms with van der Waals surface area (Å²) in [6, 6.07) is -1.77. The number of nitrogens with one attached hydrogen (secondary N) is 3. The molecule has 0 spiro atoms. The zero-order valence-electron chi connectivity index (χ0n) is 15.9. The van der Waals surface area contributed by atoms with E-state index in [1.807, 2.05) is 11.0 Å². The molecule has 0 aromatic carbocycles. The van der Waals surface area contributed by atoms with Crippen molar-refractivity contribution in [2.24, 2.45) is 15.7 Å². The molecule has 0 aromatic rings. The van der Waals surface area contributed by atoms with Gasteiger partial charge in [0.2, 0.25) is 5.91 Å². The summed E-state index contributed by atoms with van der Waals surface area (Å²) < 4.78 is 0. The van der Waals surface area contributed by atoms with Crippen LogP contribution in [0.3, 0.4) is 0 Å². The summed E-state index contributed by atoms with van der Waals surface area (Å²) in [5, 5.41) is 28.9. The number of carboxylic acid groups (broad SMARTS) is 1. The average molecular weight is 388 g/mol. The van der Waals surface area contributed by atoms with Gasteiger partial charge in [0.15, 0.2) is 0 Å². The number of hydrogen-bond donors (Lipinski definition) is 7. The highest BCUT2D eigenvalue weighted by atomic mass is 16.5. The van der Waals surface area contributed by atoms with Crippen molar-refractivity contribution in [1.29, 1.82) is 0 Å². The molecule has 0 rings (SSSR count). The Labute approximate surface area is 159 Å². The van der Waals surface area contributed by atoms with E-state index in [-0.39, 0.29) is 6.42 Å². The van der Waals surface area contributed by atoms with E-state index in [1.165, 1.54) is 0 Å². The molecule has 8 N–H and O–H groups in total. The number of carboxylic acids is 1. The molecule has 27 heavy (non-hydrogen) atoms. The number of aliphatic imine (C=N–C) groups is 2. The summed E-state index contributed by atoms with van der Waals surface area (Å²) in [6.07, 6.45) is 3.24. The number of unbranched alkanes of at least 4 members (excludes halogenated alkanes) is 2. The van der Waals surface area contributed by atoms with Crippen molar-refractivity contribution >= 4 is 23.5 Å². The Kier molecular flexibility index (Phi) is 13.6. The van der Waals surface area contributed by atoms with E-state index in [2.05, 4.69) is 15.3 Å². The summed E-state index contributed by atoms with van der Waals surface area (Å²) in [4.78, 5) is 31.4. The molecule has 0 heterocycles. The largest absolute Gasteiger partial charge is 0.480 e. The van der Waals surface area contributed by atoms with Crippen LogP contribution in [0.2, 0.25) is 0 Å². The minimum atomic E-state index is -1.10. The van der Waals surface area contributed by atoms with Crippen molar-refractivity contribution in [2.45, 2.75) is 64.5 Å². The predicted octanol–water partition coefficient (Wildman–Crippen LogP) is 0.0181. The zero-order valence-corrected chi connectivity index (χ0v) is 15.9. The van der Waals surface area contributed by atoms with Gasteiger partial charge >= 0.3 is 5.97 Å². The van der Waals surface area contributed by atoms with Crippen molar-refractivity contribution < 1.29 is 25.1 Å². The van der Waals surface area contributed by atoms with Crippen molar-refractivity contribution in [1.82, 2.24) is 16.3 Å². The highest BCUT2D eigenvalue weighted by Crippen LogP contribution is 2.05. The fourth-order valence-electron chi connectivity index (χ4n) is 2.17. The second kappa shape index (κ2) is 14.9. The van der Waals surface area contributed by atoms with Crippen LogP contribution >= 0.6 is 0 Å². The molecular formula is C16H32N6O5. The lowest BCUT2D eigenvalue weighted by Gasteiger charge is -2.17. The average Bonchev–Trinajstić information content (AvgIpc) is 2.65. The molecular weight excluding hydrogens is 356 g/mol. The third kappa shape index (κ3) is 12.7. The number of amidine groups is 2. The number of nitrogens with two attached hydrogens (primary N) is 1. The second-order valence-corrected chi connectivity index (χ2v) is 6.16. The molecule has 0 saturated carbocycles. The SMILES string of the molecule is CC(=NCCCCC(N)C(=O)NC(CCCCN=C(C)NO)C(=O)O)NO. The Morgan fingerprint density at radius 3 is 1.85 bits per heavy atom. The first kappa shape index (κ1) is 24.8. The maximum absolute atomic E-state index is 12.1. The summed E-state index contributed by atoms with van der Waals surface area (Å²) >= 11 is 0. The fourth-order valence-corrected chi connectivity index (χ4v) is 2.17. The van der Waals surface area contributed by atoms with Crippen LogP contribution in [0.5, 0.6) is 0 Å². The number of carbonyl (C=O) groups excluding carboxylic acids is 1. The van der Waals surface area contributed by atoms with E-state index < -0.39 is 24.0 Å². The summed E-state index contributed by atoms with van der Waals surface area (Å²) in [5.41, 5.74) is 9.67. The monoisotopic (exact) mass is 388 g/mol. The molecule has 156 valence electrons. The number of amides is 1. The van der Waals surface area contributed by atoms with Gasteiger partial charge in [-0.15, -0.1) is 0 Å². The molecule has 0 saturated heterocycles. The van der Waals surface area contributed by atoms with Crippen LogP contribution in [0.15, 0.2) is 9.98 Å². The zero-order chi connectivity index (χ0) is 20.7. The van der Waals surface area contributed by atoms with Crippen LogP contribution in [0.4, 0.5) is 0 Å². The maximum atomic E-state index is 12.1. The van der Waals surface area contributed by atoms with Crippen molar-refractivity contribution in [3.05, 3.63) is 0 Å². The number of carbonyl (C=O) groups is 2. The Bertz CT molecular complexity index is 512. The highest BCUT2D eigenvalue weighted by molar-refractivity contribution is 5.86. The third-order valence-corrected chi connectivity index (χ3v) is 3.80. The molecule has 0 aliphatic carbocycles. The number of hydroxylamine groups is 2. The van der Waals surface area contributed by atoms with Gasteiger partial charge in [-0.25, -0.2) is 4.79 Å². The lowest BCUT2D eigenvalue weighted by molar-refractivity contribution is -0.142. The second-order valence-electron chi connectivity index (χ2n) is 6.16. The van der Waals surface area contributed by atoms with Crippen LogP contribution < -0.4 is 22.0 Å². The molecule has 11 nitrogen and oxygen atoms in total. The van der Waals surface area contributed by atoms with Crippen LogP contribution in [0.25, 0.3) is 0 Å². The molecule has 0 fully saturated rings. The fraction of sp³-hybridized carbons (Fsp3) is 0.750. The van der Waals surface area contributed by atoms with Gasteiger partial charge in [0.1, 0.15) is 17.7 Å². The minimum absolute atomic E-state index is 0.275. The Morgan fingerprint density at radius 1 is 0.926 bits per heavy atom. The molecule has 0 aliphatic heterocycles. The predicted molar refractivity (Wildman–Crippen MR) is 101 cm³/mol. The van der Waals surface area contributed by atoms with Crippen LogP contribution in [0.1, 0.15) is 52.4 Å². The molecule has 11 heteroatoms. The van der Waals surface area contributed by atoms with E-state index >= 15 is 0 Å². The normalized spacial score (nSPS) is 14.4. The highest BCUT2D eigenvalue weighted by Gasteiger charge is 2.22. The van der Waals surface area contributed by atoms with Gasteiger partial charge in [0, 0.05) is 13.1 Å². The van der Waals surface area contributed by atoms with Gasteiger partial charge in [0.25, 0.3) is 0 Å².